The Bertz CT molecular complexity index is 1130. The normalized spacial score (nSPS) is 11.5. The molecule has 0 radical (unpaired) electrons. The van der Waals surface area contributed by atoms with Gasteiger partial charge in [0, 0.05) is 11.9 Å². The predicted octanol–water partition coefficient (Wildman–Crippen LogP) is 2.47. The van der Waals surface area contributed by atoms with Gasteiger partial charge in [0.05, 0.1) is 5.69 Å². The molecular formula is C18H15N9. The maximum atomic E-state index is 9.21. The summed E-state index contributed by atoms with van der Waals surface area (Å²) in [4.78, 5) is 1.61. The molecule has 9 heteroatoms. The quantitative estimate of drug-likeness (QED) is 0.526. The van der Waals surface area contributed by atoms with E-state index in [4.69, 9.17) is 0 Å². The predicted molar refractivity (Wildman–Crippen MR) is 99.6 cm³/mol. The van der Waals surface area contributed by atoms with E-state index < -0.39 is 0 Å². The van der Waals surface area contributed by atoms with E-state index in [1.54, 1.807) is 4.80 Å². The van der Waals surface area contributed by atoms with Gasteiger partial charge in [-0.25, -0.2) is 0 Å². The first kappa shape index (κ1) is 16.4. The molecule has 2 aromatic carbocycles. The molecule has 4 aromatic rings. The summed E-state index contributed by atoms with van der Waals surface area (Å²) < 4.78 is 0. The number of nitriles is 1. The lowest BCUT2D eigenvalue weighted by molar-refractivity contribution is 0.765. The Hall–Kier alpha value is -4.06. The molecule has 0 bridgehead atoms. The smallest absolute Gasteiger partial charge is 0.216 e. The highest BCUT2D eigenvalue weighted by molar-refractivity contribution is 5.80. The Morgan fingerprint density at radius 1 is 1.19 bits per heavy atom. The van der Waals surface area contributed by atoms with E-state index in [-0.39, 0.29) is 11.4 Å². The van der Waals surface area contributed by atoms with E-state index in [1.807, 2.05) is 36.4 Å². The molecule has 2 N–H and O–H groups in total. The van der Waals surface area contributed by atoms with Gasteiger partial charge in [0.1, 0.15) is 22.7 Å². The van der Waals surface area contributed by atoms with Crippen molar-refractivity contribution in [3.05, 3.63) is 60.1 Å². The Kier molecular flexibility index (Phi) is 4.29. The number of benzene rings is 2. The molecule has 4 rings (SSSR count). The Labute approximate surface area is 154 Å². The summed E-state index contributed by atoms with van der Waals surface area (Å²) in [6.45, 7) is 2.12. The largest absolute Gasteiger partial charge is 0.360 e. The average molecular weight is 357 g/mol. The second-order valence-corrected chi connectivity index (χ2v) is 5.76. The van der Waals surface area contributed by atoms with Crippen LogP contribution in [0.4, 0.5) is 5.69 Å². The molecule has 0 aliphatic carbocycles. The van der Waals surface area contributed by atoms with Crippen molar-refractivity contribution in [1.82, 2.24) is 35.6 Å². The van der Waals surface area contributed by atoms with Crippen LogP contribution in [-0.2, 0) is 6.42 Å². The van der Waals surface area contributed by atoms with Crippen LogP contribution in [-0.4, -0.2) is 35.6 Å². The number of nitrogens with one attached hydrogen (secondary N) is 2. The molecule has 0 atom stereocenters. The minimum absolute atomic E-state index is 0.229. The van der Waals surface area contributed by atoms with Gasteiger partial charge in [0.2, 0.25) is 5.82 Å². The molecule has 0 saturated carbocycles. The third-order valence-corrected chi connectivity index (χ3v) is 4.05. The number of anilines is 1. The fraction of sp³-hybridized carbons (Fsp3) is 0.111. The summed E-state index contributed by atoms with van der Waals surface area (Å²) in [5, 5.41) is 34.7. The van der Waals surface area contributed by atoms with E-state index in [2.05, 4.69) is 55.2 Å². The number of hydrogen-bond donors (Lipinski definition) is 2. The van der Waals surface area contributed by atoms with E-state index in [1.165, 1.54) is 11.8 Å². The average Bonchev–Trinajstić information content (AvgIpc) is 3.38. The molecule has 0 aliphatic rings. The summed E-state index contributed by atoms with van der Waals surface area (Å²) in [5.41, 5.74) is 4.73. The van der Waals surface area contributed by atoms with E-state index >= 15 is 0 Å². The minimum Gasteiger partial charge on any atom is -0.360 e. The topological polar surface area (TPSA) is 121 Å². The van der Waals surface area contributed by atoms with Crippen molar-refractivity contribution in [2.45, 2.75) is 13.3 Å². The number of H-pyrrole nitrogens is 1. The summed E-state index contributed by atoms with van der Waals surface area (Å²) in [5.74, 6) is 0.229. The number of aromatic nitrogens is 7. The van der Waals surface area contributed by atoms with Gasteiger partial charge in [-0.05, 0) is 47.5 Å². The second kappa shape index (κ2) is 7.05. The van der Waals surface area contributed by atoms with Crippen LogP contribution >= 0.6 is 0 Å². The van der Waals surface area contributed by atoms with Gasteiger partial charge in [-0.3, -0.25) is 0 Å². The highest BCUT2D eigenvalue weighted by atomic mass is 15.5. The number of aryl methyl sites for hydroxylation is 1. The first-order valence-corrected chi connectivity index (χ1v) is 8.34. The summed E-state index contributed by atoms with van der Waals surface area (Å²) in [7, 11) is 0. The Morgan fingerprint density at radius 2 is 2.00 bits per heavy atom. The minimum atomic E-state index is 0.229. The molecule has 2 aromatic heterocycles. The van der Waals surface area contributed by atoms with E-state index in [0.29, 0.717) is 0 Å². The Balaban J connectivity index is 1.60. The van der Waals surface area contributed by atoms with Gasteiger partial charge in [-0.2, -0.15) is 15.3 Å². The second-order valence-electron chi connectivity index (χ2n) is 5.76. The molecule has 9 nitrogen and oxygen atoms in total. The van der Waals surface area contributed by atoms with Gasteiger partial charge in [0.15, 0.2) is 0 Å². The number of fused-ring (bicyclic) bond motifs is 1. The molecular weight excluding hydrogens is 342 g/mol. The summed E-state index contributed by atoms with van der Waals surface area (Å²) in [6, 6.07) is 15.8. The first-order chi connectivity index (χ1) is 13.3. The molecule has 0 aliphatic heterocycles. The van der Waals surface area contributed by atoms with E-state index in [9.17, 15) is 5.26 Å². The standard InChI is InChI=1S/C18H15N9/c1-2-12-3-6-15(7-4-12)27-23-16-8-5-14(9-17(16)24-27)20-11-13(10-19)18-21-25-26-22-18/h3-9,11,20H,2H2,1H3,(H,21,22,25,26). The van der Waals surface area contributed by atoms with Crippen molar-refractivity contribution < 1.29 is 0 Å². The third kappa shape index (κ3) is 3.36. The van der Waals surface area contributed by atoms with Gasteiger partial charge >= 0.3 is 0 Å². The van der Waals surface area contributed by atoms with Crippen LogP contribution in [0.5, 0.6) is 0 Å². The van der Waals surface area contributed by atoms with E-state index in [0.717, 1.165) is 28.8 Å². The summed E-state index contributed by atoms with van der Waals surface area (Å²) in [6.07, 6.45) is 2.52. The number of tetrazole rings is 1. The fourth-order valence-electron chi connectivity index (χ4n) is 2.56. The maximum absolute atomic E-state index is 9.21. The van der Waals surface area contributed by atoms with Crippen LogP contribution in [0.15, 0.2) is 48.7 Å². The van der Waals surface area contributed by atoms with Gasteiger partial charge < -0.3 is 5.32 Å². The molecule has 0 amide bonds. The van der Waals surface area contributed by atoms with Crippen molar-refractivity contribution in [3.63, 3.8) is 0 Å². The Morgan fingerprint density at radius 3 is 2.70 bits per heavy atom. The highest BCUT2D eigenvalue weighted by Gasteiger charge is 2.07. The lowest BCUT2D eigenvalue weighted by atomic mass is 10.2. The van der Waals surface area contributed by atoms with Gasteiger partial charge in [-0.15, -0.1) is 20.4 Å². The van der Waals surface area contributed by atoms with Crippen molar-refractivity contribution in [3.8, 4) is 11.8 Å². The van der Waals surface area contributed by atoms with Crippen LogP contribution in [0.1, 0.15) is 18.3 Å². The SMILES string of the molecule is CCc1ccc(-n2nc3ccc(NC=C(C#N)c4nn[nH]n4)cc3n2)cc1. The lowest BCUT2D eigenvalue weighted by Gasteiger charge is -2.00. The van der Waals surface area contributed by atoms with Crippen molar-refractivity contribution in [2.75, 3.05) is 5.32 Å². The number of rotatable bonds is 5. The van der Waals surface area contributed by atoms with Crippen molar-refractivity contribution >= 4 is 22.3 Å². The number of hydrogen-bond acceptors (Lipinski definition) is 7. The molecule has 0 fully saturated rings. The summed E-state index contributed by atoms with van der Waals surface area (Å²) >= 11 is 0. The maximum Gasteiger partial charge on any atom is 0.216 e. The molecule has 132 valence electrons. The monoisotopic (exact) mass is 357 g/mol. The molecule has 0 unspecified atom stereocenters. The number of aromatic amines is 1. The van der Waals surface area contributed by atoms with Crippen LogP contribution in [0.25, 0.3) is 22.3 Å². The fourth-order valence-corrected chi connectivity index (χ4v) is 2.56. The zero-order chi connectivity index (χ0) is 18.6. The van der Waals surface area contributed by atoms with Crippen LogP contribution in [0.3, 0.4) is 0 Å². The van der Waals surface area contributed by atoms with Crippen LogP contribution in [0.2, 0.25) is 0 Å². The highest BCUT2D eigenvalue weighted by Crippen LogP contribution is 2.18. The molecule has 27 heavy (non-hydrogen) atoms. The van der Waals surface area contributed by atoms with Crippen molar-refractivity contribution in [2.24, 2.45) is 0 Å². The van der Waals surface area contributed by atoms with Crippen molar-refractivity contribution in [1.29, 1.82) is 5.26 Å². The van der Waals surface area contributed by atoms with Crippen LogP contribution in [0, 0.1) is 11.3 Å². The third-order valence-electron chi connectivity index (χ3n) is 4.05. The van der Waals surface area contributed by atoms with Gasteiger partial charge in [0.25, 0.3) is 0 Å². The molecule has 2 heterocycles. The van der Waals surface area contributed by atoms with Gasteiger partial charge in [-0.1, -0.05) is 19.1 Å². The first-order valence-electron chi connectivity index (χ1n) is 8.34. The molecule has 0 spiro atoms. The van der Waals surface area contributed by atoms with Crippen LogP contribution < -0.4 is 5.32 Å². The zero-order valence-corrected chi connectivity index (χ0v) is 14.5. The molecule has 0 saturated heterocycles. The lowest BCUT2D eigenvalue weighted by Crippen LogP contribution is -1.98. The number of allylic oxidation sites excluding steroid dienone is 1. The zero-order valence-electron chi connectivity index (χ0n) is 14.5. The number of nitrogens with zero attached hydrogens (tertiary/aromatic N) is 7.